The van der Waals surface area contributed by atoms with E-state index in [4.69, 9.17) is 0 Å². The van der Waals surface area contributed by atoms with Crippen molar-refractivity contribution in [1.29, 1.82) is 0 Å². The Balaban J connectivity index is 1.82. The number of amides is 2. The van der Waals surface area contributed by atoms with Crippen molar-refractivity contribution in [2.75, 3.05) is 11.9 Å². The van der Waals surface area contributed by atoms with Gasteiger partial charge in [0.1, 0.15) is 0 Å². The van der Waals surface area contributed by atoms with Crippen molar-refractivity contribution in [1.82, 2.24) is 10.6 Å². The van der Waals surface area contributed by atoms with Gasteiger partial charge in [-0.25, -0.2) is 0 Å². The summed E-state index contributed by atoms with van der Waals surface area (Å²) in [5, 5.41) is 8.78. The summed E-state index contributed by atoms with van der Waals surface area (Å²) in [6, 6.07) is 7.41. The summed E-state index contributed by atoms with van der Waals surface area (Å²) in [6.07, 6.45) is 1.97. The van der Waals surface area contributed by atoms with Crippen LogP contribution in [0.25, 0.3) is 0 Å². The molecule has 3 N–H and O–H groups in total. The second kappa shape index (κ2) is 6.33. The highest BCUT2D eigenvalue weighted by atomic mass is 16.2. The van der Waals surface area contributed by atoms with Crippen molar-refractivity contribution in [2.24, 2.45) is 0 Å². The number of carbonyl (C=O) groups is 2. The third kappa shape index (κ3) is 4.06. The molecule has 0 aromatic heterocycles. The minimum atomic E-state index is -0.0895. The molecule has 0 saturated carbocycles. The Morgan fingerprint density at radius 2 is 2.05 bits per heavy atom. The van der Waals surface area contributed by atoms with Crippen LogP contribution in [0.3, 0.4) is 0 Å². The van der Waals surface area contributed by atoms with Gasteiger partial charge in [0.05, 0.1) is 6.04 Å². The second-order valence-electron chi connectivity index (χ2n) is 4.74. The van der Waals surface area contributed by atoms with Gasteiger partial charge in [0.2, 0.25) is 11.8 Å². The minimum Gasteiger partial charge on any atom is -0.351 e. The summed E-state index contributed by atoms with van der Waals surface area (Å²) in [6.45, 7) is 2.91. The quantitative estimate of drug-likeness (QED) is 0.757. The zero-order valence-corrected chi connectivity index (χ0v) is 11.0. The highest BCUT2D eigenvalue weighted by Gasteiger charge is 2.21. The predicted octanol–water partition coefficient (Wildman–Crippen LogP) is 1.01. The van der Waals surface area contributed by atoms with Gasteiger partial charge in [-0.3, -0.25) is 9.59 Å². The van der Waals surface area contributed by atoms with E-state index < -0.39 is 0 Å². The first kappa shape index (κ1) is 13.5. The van der Waals surface area contributed by atoms with E-state index in [1.165, 1.54) is 6.92 Å². The predicted molar refractivity (Wildman–Crippen MR) is 73.6 cm³/mol. The molecule has 1 saturated heterocycles. The van der Waals surface area contributed by atoms with E-state index in [0.29, 0.717) is 6.54 Å². The maximum Gasteiger partial charge on any atom is 0.237 e. The van der Waals surface area contributed by atoms with Crippen LogP contribution >= 0.6 is 0 Å². The lowest BCUT2D eigenvalue weighted by molar-refractivity contribution is -0.123. The first-order chi connectivity index (χ1) is 9.15. The van der Waals surface area contributed by atoms with E-state index in [2.05, 4.69) is 16.0 Å². The molecule has 5 nitrogen and oxygen atoms in total. The molecule has 1 aromatic carbocycles. The monoisotopic (exact) mass is 261 g/mol. The molecule has 1 aliphatic heterocycles. The van der Waals surface area contributed by atoms with Gasteiger partial charge >= 0.3 is 0 Å². The summed E-state index contributed by atoms with van der Waals surface area (Å²) in [5.41, 5.74) is 1.78. The van der Waals surface area contributed by atoms with Crippen molar-refractivity contribution in [3.63, 3.8) is 0 Å². The fourth-order valence-corrected chi connectivity index (χ4v) is 2.13. The van der Waals surface area contributed by atoms with Gasteiger partial charge in [0.15, 0.2) is 0 Å². The van der Waals surface area contributed by atoms with E-state index in [0.717, 1.165) is 30.6 Å². The van der Waals surface area contributed by atoms with E-state index in [9.17, 15) is 9.59 Å². The molecule has 1 unspecified atom stereocenters. The fourth-order valence-electron chi connectivity index (χ4n) is 2.13. The third-order valence-electron chi connectivity index (χ3n) is 3.12. The molecule has 1 aromatic rings. The number of hydrogen-bond acceptors (Lipinski definition) is 3. The summed E-state index contributed by atoms with van der Waals surface area (Å²) >= 11 is 0. The number of nitrogens with one attached hydrogen (secondary N) is 3. The van der Waals surface area contributed by atoms with Crippen LogP contribution in [0.1, 0.15) is 25.3 Å². The first-order valence-electron chi connectivity index (χ1n) is 6.53. The topological polar surface area (TPSA) is 70.2 Å². The smallest absolute Gasteiger partial charge is 0.237 e. The molecule has 102 valence electrons. The average molecular weight is 261 g/mol. The minimum absolute atomic E-state index is 0.0429. The van der Waals surface area contributed by atoms with Crippen molar-refractivity contribution in [3.05, 3.63) is 29.8 Å². The van der Waals surface area contributed by atoms with Crippen molar-refractivity contribution in [2.45, 2.75) is 32.4 Å². The van der Waals surface area contributed by atoms with Crippen LogP contribution < -0.4 is 16.0 Å². The standard InChI is InChI=1S/C14H19N3O2/c1-10(18)17-12-6-4-11(5-7-12)9-16-14(19)13-3-2-8-15-13/h4-7,13,15H,2-3,8-9H2,1H3,(H,16,19)(H,17,18). The van der Waals surface area contributed by atoms with Gasteiger partial charge in [-0.1, -0.05) is 12.1 Å². The van der Waals surface area contributed by atoms with E-state index in [1.54, 1.807) is 0 Å². The van der Waals surface area contributed by atoms with Crippen LogP contribution in [0.4, 0.5) is 5.69 Å². The zero-order chi connectivity index (χ0) is 13.7. The summed E-state index contributed by atoms with van der Waals surface area (Å²) in [4.78, 5) is 22.7. The molecule has 19 heavy (non-hydrogen) atoms. The second-order valence-corrected chi connectivity index (χ2v) is 4.74. The molecule has 0 spiro atoms. The summed E-state index contributed by atoms with van der Waals surface area (Å²) < 4.78 is 0. The molecule has 1 aliphatic rings. The molecule has 2 rings (SSSR count). The highest BCUT2D eigenvalue weighted by molar-refractivity contribution is 5.88. The maximum absolute atomic E-state index is 11.8. The van der Waals surface area contributed by atoms with Gasteiger partial charge in [0, 0.05) is 19.2 Å². The average Bonchev–Trinajstić information content (AvgIpc) is 2.91. The lowest BCUT2D eigenvalue weighted by atomic mass is 10.2. The van der Waals surface area contributed by atoms with Crippen LogP contribution in [-0.4, -0.2) is 24.4 Å². The van der Waals surface area contributed by atoms with Crippen molar-refractivity contribution < 1.29 is 9.59 Å². The lowest BCUT2D eigenvalue weighted by Crippen LogP contribution is -2.39. The van der Waals surface area contributed by atoms with E-state index in [1.807, 2.05) is 24.3 Å². The van der Waals surface area contributed by atoms with Crippen molar-refractivity contribution >= 4 is 17.5 Å². The van der Waals surface area contributed by atoms with Gasteiger partial charge in [0.25, 0.3) is 0 Å². The van der Waals surface area contributed by atoms with E-state index >= 15 is 0 Å². The number of hydrogen-bond donors (Lipinski definition) is 3. The van der Waals surface area contributed by atoms with Crippen LogP contribution in [0, 0.1) is 0 Å². The van der Waals surface area contributed by atoms with Crippen LogP contribution in [-0.2, 0) is 16.1 Å². The summed E-state index contributed by atoms with van der Waals surface area (Å²) in [5.74, 6) is -0.0307. The van der Waals surface area contributed by atoms with Gasteiger partial charge in [-0.15, -0.1) is 0 Å². The molecule has 2 amide bonds. The van der Waals surface area contributed by atoms with Crippen LogP contribution in [0.15, 0.2) is 24.3 Å². The Labute approximate surface area is 112 Å². The Hall–Kier alpha value is -1.88. The first-order valence-corrected chi connectivity index (χ1v) is 6.53. The normalized spacial score (nSPS) is 18.1. The third-order valence-corrected chi connectivity index (χ3v) is 3.12. The molecule has 1 heterocycles. The molecule has 0 aliphatic carbocycles. The van der Waals surface area contributed by atoms with Gasteiger partial charge in [-0.2, -0.15) is 0 Å². The zero-order valence-electron chi connectivity index (χ0n) is 11.0. The highest BCUT2D eigenvalue weighted by Crippen LogP contribution is 2.10. The Morgan fingerprint density at radius 3 is 2.63 bits per heavy atom. The molecule has 1 atom stereocenters. The number of benzene rings is 1. The van der Waals surface area contributed by atoms with Crippen LogP contribution in [0.2, 0.25) is 0 Å². The molecule has 1 fully saturated rings. The lowest BCUT2D eigenvalue weighted by Gasteiger charge is -2.11. The number of anilines is 1. The largest absolute Gasteiger partial charge is 0.351 e. The summed E-state index contributed by atoms with van der Waals surface area (Å²) in [7, 11) is 0. The van der Waals surface area contributed by atoms with Crippen molar-refractivity contribution in [3.8, 4) is 0 Å². The van der Waals surface area contributed by atoms with Crippen LogP contribution in [0.5, 0.6) is 0 Å². The Morgan fingerprint density at radius 1 is 1.32 bits per heavy atom. The number of carbonyl (C=O) groups excluding carboxylic acids is 2. The molecule has 0 bridgehead atoms. The Bertz CT molecular complexity index is 450. The fraction of sp³-hybridized carbons (Fsp3) is 0.429. The Kier molecular flexibility index (Phi) is 4.52. The molecule has 0 radical (unpaired) electrons. The van der Waals surface area contributed by atoms with E-state index in [-0.39, 0.29) is 17.9 Å². The SMILES string of the molecule is CC(=O)Nc1ccc(CNC(=O)C2CCCN2)cc1. The molecule has 5 heteroatoms. The molecular weight excluding hydrogens is 242 g/mol. The van der Waals surface area contributed by atoms with Gasteiger partial charge < -0.3 is 16.0 Å². The van der Waals surface area contributed by atoms with Gasteiger partial charge in [-0.05, 0) is 37.1 Å². The number of rotatable bonds is 4. The molecular formula is C14H19N3O2. The maximum atomic E-state index is 11.8.